The average molecular weight is 332 g/mol. The fourth-order valence-electron chi connectivity index (χ4n) is 3.92. The van der Waals surface area contributed by atoms with Crippen LogP contribution in [0.1, 0.15) is 56.8 Å². The van der Waals surface area contributed by atoms with Gasteiger partial charge in [-0.25, -0.2) is 0 Å². The molecule has 1 aliphatic heterocycles. The first-order valence-corrected chi connectivity index (χ1v) is 9.05. The third-order valence-corrected chi connectivity index (χ3v) is 5.72. The fraction of sp³-hybridized carbons (Fsp3) is 0.722. The highest BCUT2D eigenvalue weighted by Crippen LogP contribution is 2.40. The lowest BCUT2D eigenvalue weighted by Gasteiger charge is -2.44. The number of carbonyl (C=O) groups is 2. The molecule has 2 unspecified atom stereocenters. The molecule has 6 nitrogen and oxygen atoms in total. The molecular weight excluding hydrogens is 304 g/mol. The molecule has 24 heavy (non-hydrogen) atoms. The first-order valence-electron chi connectivity index (χ1n) is 9.05. The highest BCUT2D eigenvalue weighted by atomic mass is 16.2. The van der Waals surface area contributed by atoms with Crippen molar-refractivity contribution >= 4 is 11.8 Å². The molecule has 0 spiro atoms. The van der Waals surface area contributed by atoms with E-state index in [1.165, 1.54) is 6.20 Å². The highest BCUT2D eigenvalue weighted by molar-refractivity contribution is 5.93. The lowest BCUT2D eigenvalue weighted by molar-refractivity contribution is -0.144. The van der Waals surface area contributed by atoms with Gasteiger partial charge >= 0.3 is 0 Å². The van der Waals surface area contributed by atoms with Crippen LogP contribution in [0.4, 0.5) is 0 Å². The van der Waals surface area contributed by atoms with Gasteiger partial charge in [0.1, 0.15) is 0 Å². The quantitative estimate of drug-likeness (QED) is 0.887. The number of piperidine rings is 1. The van der Waals surface area contributed by atoms with Gasteiger partial charge in [-0.1, -0.05) is 13.8 Å². The van der Waals surface area contributed by atoms with Gasteiger partial charge in [0.25, 0.3) is 5.91 Å². The van der Waals surface area contributed by atoms with Crippen molar-refractivity contribution in [3.63, 3.8) is 0 Å². The van der Waals surface area contributed by atoms with Crippen LogP contribution in [-0.2, 0) is 4.79 Å². The molecular formula is C18H28N4O2. The van der Waals surface area contributed by atoms with E-state index in [2.05, 4.69) is 36.3 Å². The number of aromatic amines is 1. The molecule has 2 atom stereocenters. The molecule has 2 amide bonds. The van der Waals surface area contributed by atoms with E-state index in [9.17, 15) is 9.59 Å². The van der Waals surface area contributed by atoms with Crippen molar-refractivity contribution in [1.29, 1.82) is 0 Å². The van der Waals surface area contributed by atoms with Crippen molar-refractivity contribution < 1.29 is 9.59 Å². The predicted molar refractivity (Wildman–Crippen MR) is 91.3 cm³/mol. The van der Waals surface area contributed by atoms with Crippen LogP contribution in [0.25, 0.3) is 0 Å². The number of hydrogen-bond acceptors (Lipinski definition) is 3. The molecule has 2 fully saturated rings. The van der Waals surface area contributed by atoms with Crippen LogP contribution in [0.3, 0.4) is 0 Å². The number of hydrogen-bond donors (Lipinski definition) is 2. The van der Waals surface area contributed by atoms with E-state index in [1.807, 2.05) is 4.90 Å². The summed E-state index contributed by atoms with van der Waals surface area (Å²) in [6.07, 6.45) is 6.84. The summed E-state index contributed by atoms with van der Waals surface area (Å²) >= 11 is 0. The first kappa shape index (κ1) is 17.0. The molecule has 0 radical (unpaired) electrons. The molecule has 3 rings (SSSR count). The number of aromatic nitrogens is 2. The molecule has 132 valence electrons. The second kappa shape index (κ2) is 6.95. The zero-order chi connectivity index (χ0) is 17.3. The normalized spacial score (nSPS) is 30.1. The maximum absolute atomic E-state index is 12.7. The van der Waals surface area contributed by atoms with Crippen molar-refractivity contribution in [1.82, 2.24) is 20.4 Å². The molecule has 1 saturated carbocycles. The minimum Gasteiger partial charge on any atom is -0.349 e. The number of amides is 2. The van der Waals surface area contributed by atoms with Gasteiger partial charge in [0.05, 0.1) is 11.8 Å². The number of likely N-dealkylation sites (tertiary alicyclic amines) is 1. The summed E-state index contributed by atoms with van der Waals surface area (Å²) in [6, 6.07) is 0.301. The SMILES string of the molecule is CC(C)C1CC(C(=O)N2CCC(NC(=O)c3cn[nH]c3)CC2C)C1. The second-order valence-corrected chi connectivity index (χ2v) is 7.73. The van der Waals surface area contributed by atoms with Gasteiger partial charge in [0, 0.05) is 30.7 Å². The zero-order valence-electron chi connectivity index (χ0n) is 14.8. The molecule has 0 bridgehead atoms. The lowest BCUT2D eigenvalue weighted by atomic mass is 9.69. The van der Waals surface area contributed by atoms with Crippen LogP contribution >= 0.6 is 0 Å². The third kappa shape index (κ3) is 3.47. The summed E-state index contributed by atoms with van der Waals surface area (Å²) < 4.78 is 0. The Morgan fingerprint density at radius 3 is 2.67 bits per heavy atom. The van der Waals surface area contributed by atoms with Gasteiger partial charge in [-0.3, -0.25) is 14.7 Å². The van der Waals surface area contributed by atoms with Crippen molar-refractivity contribution in [2.75, 3.05) is 6.54 Å². The summed E-state index contributed by atoms with van der Waals surface area (Å²) in [6.45, 7) is 7.30. The van der Waals surface area contributed by atoms with Gasteiger partial charge in [-0.05, 0) is 44.4 Å². The summed E-state index contributed by atoms with van der Waals surface area (Å²) in [4.78, 5) is 26.8. The van der Waals surface area contributed by atoms with Crippen LogP contribution < -0.4 is 5.32 Å². The Kier molecular flexibility index (Phi) is 4.92. The van der Waals surface area contributed by atoms with Gasteiger partial charge in [-0.15, -0.1) is 0 Å². The summed E-state index contributed by atoms with van der Waals surface area (Å²) in [5.74, 6) is 1.83. The van der Waals surface area contributed by atoms with E-state index >= 15 is 0 Å². The van der Waals surface area contributed by atoms with Crippen LogP contribution in [0, 0.1) is 17.8 Å². The summed E-state index contributed by atoms with van der Waals surface area (Å²) in [7, 11) is 0. The van der Waals surface area contributed by atoms with Crippen LogP contribution in [-0.4, -0.2) is 45.5 Å². The summed E-state index contributed by atoms with van der Waals surface area (Å²) in [5, 5.41) is 9.51. The monoisotopic (exact) mass is 332 g/mol. The van der Waals surface area contributed by atoms with Crippen molar-refractivity contribution in [2.24, 2.45) is 17.8 Å². The molecule has 1 saturated heterocycles. The maximum Gasteiger partial charge on any atom is 0.254 e. The van der Waals surface area contributed by atoms with Crippen LogP contribution in [0.2, 0.25) is 0 Å². The minimum absolute atomic E-state index is 0.0977. The smallest absolute Gasteiger partial charge is 0.254 e. The van der Waals surface area contributed by atoms with Crippen LogP contribution in [0.5, 0.6) is 0 Å². The van der Waals surface area contributed by atoms with E-state index in [4.69, 9.17) is 0 Å². The molecule has 2 N–H and O–H groups in total. The van der Waals surface area contributed by atoms with Crippen molar-refractivity contribution in [2.45, 2.75) is 58.5 Å². The van der Waals surface area contributed by atoms with E-state index in [0.29, 0.717) is 23.3 Å². The highest BCUT2D eigenvalue weighted by Gasteiger charge is 2.40. The average Bonchev–Trinajstić information content (AvgIpc) is 2.99. The van der Waals surface area contributed by atoms with Crippen molar-refractivity contribution in [3.05, 3.63) is 18.0 Å². The van der Waals surface area contributed by atoms with E-state index in [-0.39, 0.29) is 23.9 Å². The predicted octanol–water partition coefficient (Wildman–Crippen LogP) is 2.20. The molecule has 2 heterocycles. The fourth-order valence-corrected chi connectivity index (χ4v) is 3.92. The molecule has 1 aromatic heterocycles. The second-order valence-electron chi connectivity index (χ2n) is 7.73. The standard InChI is InChI=1S/C18H28N4O2/c1-11(2)13-7-14(8-13)18(24)22-5-4-16(6-12(22)3)21-17(23)15-9-19-20-10-15/h9-14,16H,4-8H2,1-3H3,(H,19,20)(H,21,23). The molecule has 0 aromatic carbocycles. The van der Waals surface area contributed by atoms with Gasteiger partial charge in [-0.2, -0.15) is 5.10 Å². The topological polar surface area (TPSA) is 78.1 Å². The number of nitrogens with zero attached hydrogens (tertiary/aromatic N) is 2. The van der Waals surface area contributed by atoms with Gasteiger partial charge in [0.2, 0.25) is 5.91 Å². The number of H-pyrrole nitrogens is 1. The Hall–Kier alpha value is -1.85. The Balaban J connectivity index is 1.49. The first-order chi connectivity index (χ1) is 11.5. The van der Waals surface area contributed by atoms with Gasteiger partial charge in [0.15, 0.2) is 0 Å². The number of carbonyl (C=O) groups excluding carboxylic acids is 2. The largest absolute Gasteiger partial charge is 0.349 e. The van der Waals surface area contributed by atoms with Crippen molar-refractivity contribution in [3.8, 4) is 0 Å². The Morgan fingerprint density at radius 2 is 2.08 bits per heavy atom. The van der Waals surface area contributed by atoms with E-state index < -0.39 is 0 Å². The molecule has 2 aliphatic rings. The van der Waals surface area contributed by atoms with Crippen LogP contribution in [0.15, 0.2) is 12.4 Å². The molecule has 1 aromatic rings. The maximum atomic E-state index is 12.7. The zero-order valence-corrected chi connectivity index (χ0v) is 14.8. The Labute approximate surface area is 143 Å². The number of rotatable bonds is 4. The Morgan fingerprint density at radius 1 is 1.33 bits per heavy atom. The van der Waals surface area contributed by atoms with E-state index in [1.54, 1.807) is 6.20 Å². The van der Waals surface area contributed by atoms with E-state index in [0.717, 1.165) is 32.2 Å². The lowest BCUT2D eigenvalue weighted by Crippen LogP contribution is -2.53. The molecule has 1 aliphatic carbocycles. The third-order valence-electron chi connectivity index (χ3n) is 5.72. The number of nitrogens with one attached hydrogen (secondary N) is 2. The Bertz CT molecular complexity index is 578. The van der Waals surface area contributed by atoms with Gasteiger partial charge < -0.3 is 10.2 Å². The minimum atomic E-state index is -0.0977. The molecule has 6 heteroatoms. The summed E-state index contributed by atoms with van der Waals surface area (Å²) in [5.41, 5.74) is 0.551.